The van der Waals surface area contributed by atoms with Gasteiger partial charge < -0.3 is 15.5 Å². The maximum atomic E-state index is 5.80. The van der Waals surface area contributed by atoms with Crippen molar-refractivity contribution in [2.24, 2.45) is 0 Å². The minimum atomic E-state index is 0.290. The number of rotatable bonds is 6. The van der Waals surface area contributed by atoms with Crippen molar-refractivity contribution in [2.75, 3.05) is 57.5 Å². The average Bonchev–Trinajstić information content (AvgIpc) is 3.07. The lowest BCUT2D eigenvalue weighted by Crippen LogP contribution is -2.46. The third kappa shape index (κ3) is 4.62. The second-order valence-electron chi connectivity index (χ2n) is 6.25. The third-order valence-electron chi connectivity index (χ3n) is 4.17. The molecule has 2 aromatic rings. The molecule has 0 radical (unpaired) electrons. The topological polar surface area (TPSA) is 74.4 Å². The Bertz CT molecular complexity index is 636. The van der Waals surface area contributed by atoms with Gasteiger partial charge in [0.15, 0.2) is 0 Å². The van der Waals surface area contributed by atoms with E-state index in [9.17, 15) is 0 Å². The molecule has 1 saturated heterocycles. The molecule has 3 heterocycles. The lowest BCUT2D eigenvalue weighted by atomic mass is 10.2. The number of aromatic nitrogens is 3. The summed E-state index contributed by atoms with van der Waals surface area (Å²) in [5, 5.41) is 2.15. The molecule has 1 aliphatic heterocycles. The molecule has 0 aliphatic carbocycles. The first-order valence-electron chi connectivity index (χ1n) is 8.25. The van der Waals surface area contributed by atoms with Gasteiger partial charge in [-0.25, -0.2) is 0 Å². The molecule has 130 valence electrons. The van der Waals surface area contributed by atoms with Crippen LogP contribution in [0.25, 0.3) is 0 Å². The molecule has 0 spiro atoms. The second-order valence-corrected chi connectivity index (χ2v) is 7.28. The van der Waals surface area contributed by atoms with Crippen LogP contribution in [0, 0.1) is 0 Å². The van der Waals surface area contributed by atoms with Crippen LogP contribution in [0.2, 0.25) is 0 Å². The lowest BCUT2D eigenvalue weighted by Gasteiger charge is -2.34. The van der Waals surface area contributed by atoms with Gasteiger partial charge in [0.25, 0.3) is 0 Å². The number of nitrogen functional groups attached to an aromatic ring is 1. The van der Waals surface area contributed by atoms with Crippen molar-refractivity contribution in [2.45, 2.75) is 13.0 Å². The van der Waals surface area contributed by atoms with E-state index in [0.29, 0.717) is 11.9 Å². The van der Waals surface area contributed by atoms with Crippen LogP contribution in [0.4, 0.5) is 11.9 Å². The highest BCUT2D eigenvalue weighted by atomic mass is 32.1. The van der Waals surface area contributed by atoms with Gasteiger partial charge in [0.1, 0.15) is 5.82 Å². The molecule has 2 N–H and O–H groups in total. The molecule has 0 bridgehead atoms. The Labute approximate surface area is 147 Å². The van der Waals surface area contributed by atoms with Gasteiger partial charge in [-0.1, -0.05) is 6.07 Å². The summed E-state index contributed by atoms with van der Waals surface area (Å²) in [6.45, 7) is 6.11. The smallest absolute Gasteiger partial charge is 0.229 e. The van der Waals surface area contributed by atoms with Crippen LogP contribution < -0.4 is 10.6 Å². The van der Waals surface area contributed by atoms with Gasteiger partial charge in [0.2, 0.25) is 11.9 Å². The molecule has 3 rings (SSSR count). The summed E-state index contributed by atoms with van der Waals surface area (Å²) in [4.78, 5) is 21.1. The van der Waals surface area contributed by atoms with Gasteiger partial charge in [0.05, 0.1) is 6.54 Å². The highest BCUT2D eigenvalue weighted by Crippen LogP contribution is 2.12. The summed E-state index contributed by atoms with van der Waals surface area (Å²) in [6, 6.07) is 4.34. The molecule has 1 aliphatic rings. The zero-order valence-electron chi connectivity index (χ0n) is 14.4. The van der Waals surface area contributed by atoms with E-state index in [2.05, 4.69) is 42.3 Å². The highest BCUT2D eigenvalue weighted by molar-refractivity contribution is 7.09. The van der Waals surface area contributed by atoms with Gasteiger partial charge in [0, 0.05) is 51.7 Å². The van der Waals surface area contributed by atoms with Crippen LogP contribution in [0.5, 0.6) is 0 Å². The number of hydrogen-bond donors (Lipinski definition) is 1. The van der Waals surface area contributed by atoms with Crippen molar-refractivity contribution >= 4 is 23.2 Å². The first-order valence-corrected chi connectivity index (χ1v) is 9.13. The van der Waals surface area contributed by atoms with Crippen molar-refractivity contribution in [3.8, 4) is 0 Å². The van der Waals surface area contributed by atoms with E-state index in [4.69, 9.17) is 5.73 Å². The largest absolute Gasteiger partial charge is 0.368 e. The molecule has 0 atom stereocenters. The molecule has 0 saturated carbocycles. The Balaban J connectivity index is 1.48. The summed E-state index contributed by atoms with van der Waals surface area (Å²) >= 11 is 1.84. The number of nitrogens with two attached hydrogens (primary N) is 1. The van der Waals surface area contributed by atoms with Crippen LogP contribution in [0.3, 0.4) is 0 Å². The first-order chi connectivity index (χ1) is 11.6. The lowest BCUT2D eigenvalue weighted by molar-refractivity contribution is 0.126. The van der Waals surface area contributed by atoms with Gasteiger partial charge in [-0.15, -0.1) is 11.3 Å². The molecular weight excluding hydrogens is 322 g/mol. The van der Waals surface area contributed by atoms with E-state index >= 15 is 0 Å². The minimum absolute atomic E-state index is 0.290. The standard InChI is InChI=1S/C16H25N7S/c1-21(2)16-19-14(18-15(17)20-16)12-23-9-7-22(8-10-23)6-5-13-4-3-11-24-13/h3-4,11H,5-10,12H2,1-2H3,(H2,17,18,19,20). The Morgan fingerprint density at radius 2 is 1.88 bits per heavy atom. The molecule has 7 nitrogen and oxygen atoms in total. The molecular formula is C16H25N7S. The summed E-state index contributed by atoms with van der Waals surface area (Å²) < 4.78 is 0. The van der Waals surface area contributed by atoms with Crippen molar-refractivity contribution in [3.63, 3.8) is 0 Å². The Kier molecular flexibility index (Phi) is 5.60. The van der Waals surface area contributed by atoms with E-state index < -0.39 is 0 Å². The van der Waals surface area contributed by atoms with Crippen LogP contribution in [-0.2, 0) is 13.0 Å². The number of piperazine rings is 1. The van der Waals surface area contributed by atoms with E-state index in [1.165, 1.54) is 4.88 Å². The van der Waals surface area contributed by atoms with Crippen molar-refractivity contribution in [1.29, 1.82) is 0 Å². The fraction of sp³-hybridized carbons (Fsp3) is 0.562. The van der Waals surface area contributed by atoms with E-state index in [1.807, 2.05) is 30.3 Å². The number of hydrogen-bond acceptors (Lipinski definition) is 8. The van der Waals surface area contributed by atoms with Gasteiger partial charge in [-0.3, -0.25) is 4.90 Å². The van der Waals surface area contributed by atoms with Crippen LogP contribution in [0.15, 0.2) is 17.5 Å². The third-order valence-corrected chi connectivity index (χ3v) is 5.11. The molecule has 0 amide bonds. The van der Waals surface area contributed by atoms with Crippen molar-refractivity contribution < 1.29 is 0 Å². The predicted octanol–water partition coefficient (Wildman–Crippen LogP) is 0.942. The summed E-state index contributed by atoms with van der Waals surface area (Å²) in [6.07, 6.45) is 1.15. The Morgan fingerprint density at radius 1 is 1.12 bits per heavy atom. The summed E-state index contributed by atoms with van der Waals surface area (Å²) in [7, 11) is 3.82. The van der Waals surface area contributed by atoms with Crippen LogP contribution in [-0.4, -0.2) is 71.6 Å². The van der Waals surface area contributed by atoms with Crippen molar-refractivity contribution in [1.82, 2.24) is 24.8 Å². The predicted molar refractivity (Wildman–Crippen MR) is 98.3 cm³/mol. The first kappa shape index (κ1) is 17.1. The van der Waals surface area contributed by atoms with E-state index in [-0.39, 0.29) is 0 Å². The molecule has 1 fully saturated rings. The van der Waals surface area contributed by atoms with Crippen LogP contribution >= 0.6 is 11.3 Å². The number of nitrogens with zero attached hydrogens (tertiary/aromatic N) is 6. The minimum Gasteiger partial charge on any atom is -0.368 e. The molecule has 24 heavy (non-hydrogen) atoms. The fourth-order valence-corrected chi connectivity index (χ4v) is 3.49. The molecule has 8 heteroatoms. The monoisotopic (exact) mass is 347 g/mol. The Hall–Kier alpha value is -1.77. The van der Waals surface area contributed by atoms with Crippen LogP contribution in [0.1, 0.15) is 10.7 Å². The highest BCUT2D eigenvalue weighted by Gasteiger charge is 2.18. The molecule has 0 aromatic carbocycles. The van der Waals surface area contributed by atoms with Gasteiger partial charge >= 0.3 is 0 Å². The zero-order chi connectivity index (χ0) is 16.9. The normalized spacial score (nSPS) is 16.4. The van der Waals surface area contributed by atoms with E-state index in [0.717, 1.165) is 51.5 Å². The average molecular weight is 347 g/mol. The maximum absolute atomic E-state index is 5.80. The number of anilines is 2. The Morgan fingerprint density at radius 3 is 2.54 bits per heavy atom. The van der Waals surface area contributed by atoms with Gasteiger partial charge in [-0.2, -0.15) is 15.0 Å². The molecule has 2 aromatic heterocycles. The summed E-state index contributed by atoms with van der Waals surface area (Å²) in [5.74, 6) is 1.66. The van der Waals surface area contributed by atoms with Gasteiger partial charge in [-0.05, 0) is 17.9 Å². The number of thiophene rings is 1. The zero-order valence-corrected chi connectivity index (χ0v) is 15.2. The summed E-state index contributed by atoms with van der Waals surface area (Å²) in [5.41, 5.74) is 5.80. The second kappa shape index (κ2) is 7.87. The fourth-order valence-electron chi connectivity index (χ4n) is 2.79. The molecule has 0 unspecified atom stereocenters. The SMILES string of the molecule is CN(C)c1nc(N)nc(CN2CCN(CCc3cccs3)CC2)n1. The quantitative estimate of drug-likeness (QED) is 0.833. The maximum Gasteiger partial charge on any atom is 0.229 e. The van der Waals surface area contributed by atoms with Crippen molar-refractivity contribution in [3.05, 3.63) is 28.2 Å². The van der Waals surface area contributed by atoms with E-state index in [1.54, 1.807) is 0 Å².